The molecule has 7 aromatic rings. The zero-order chi connectivity index (χ0) is 46.1. The Morgan fingerprint density at radius 3 is 1.38 bits per heavy atom. The number of aliphatic hydroxyl groups excluding tert-OH is 1. The van der Waals surface area contributed by atoms with Gasteiger partial charge in [-0.15, -0.1) is 0 Å². The summed E-state index contributed by atoms with van der Waals surface area (Å²) in [5.74, 6) is 2.80. The molecule has 0 amide bonds. The molecule has 0 aliphatic carbocycles. The second-order valence-electron chi connectivity index (χ2n) is 16.0. The maximum atomic E-state index is 13.4. The molecule has 0 saturated carbocycles. The van der Waals surface area contributed by atoms with E-state index in [2.05, 4.69) is 4.98 Å². The van der Waals surface area contributed by atoms with Gasteiger partial charge in [0.15, 0.2) is 0 Å². The topological polar surface area (TPSA) is 140 Å². The quantitative estimate of drug-likeness (QED) is 0.0604. The van der Waals surface area contributed by atoms with Crippen LogP contribution in [-0.2, 0) is 31.8 Å². The number of aromatic amines is 1. The van der Waals surface area contributed by atoms with Crippen LogP contribution in [0.25, 0.3) is 0 Å². The highest BCUT2D eigenvalue weighted by Crippen LogP contribution is 2.44. The molecule has 6 aromatic carbocycles. The highest BCUT2D eigenvalue weighted by Gasteiger charge is 2.43. The minimum atomic E-state index is -1.15. The average molecular weight is 891 g/mol. The van der Waals surface area contributed by atoms with E-state index in [-0.39, 0.29) is 26.1 Å². The van der Waals surface area contributed by atoms with Crippen LogP contribution >= 0.6 is 0 Å². The Labute approximate surface area is 383 Å². The number of hydrogen-bond donors (Lipinski definition) is 2. The number of aromatic nitrogens is 2. The third-order valence-electron chi connectivity index (χ3n) is 12.3. The summed E-state index contributed by atoms with van der Waals surface area (Å²) in [6.07, 6.45) is -0.351. The molecule has 340 valence electrons. The molecule has 0 bridgehead atoms. The van der Waals surface area contributed by atoms with Crippen molar-refractivity contribution < 1.29 is 38.3 Å². The lowest BCUT2D eigenvalue weighted by molar-refractivity contribution is -0.0944. The molecule has 1 aliphatic rings. The van der Waals surface area contributed by atoms with E-state index >= 15 is 0 Å². The van der Waals surface area contributed by atoms with E-state index in [9.17, 15) is 14.7 Å². The fourth-order valence-electron chi connectivity index (χ4n) is 8.80. The predicted molar refractivity (Wildman–Crippen MR) is 251 cm³/mol. The van der Waals surface area contributed by atoms with E-state index in [1.165, 1.54) is 10.8 Å². The molecule has 1 aromatic heterocycles. The number of rotatable bonds is 19. The first kappa shape index (κ1) is 45.6. The van der Waals surface area contributed by atoms with Crippen LogP contribution in [0.3, 0.4) is 0 Å². The summed E-state index contributed by atoms with van der Waals surface area (Å²) in [5, 5.41) is 11.5. The summed E-state index contributed by atoms with van der Waals surface area (Å²) in [7, 11) is 6.49. The summed E-state index contributed by atoms with van der Waals surface area (Å²) in [5.41, 5.74) is 2.23. The molecule has 1 aliphatic heterocycles. The lowest BCUT2D eigenvalue weighted by Gasteiger charge is -2.37. The number of aryl methyl sites for hydroxylation is 1. The maximum absolute atomic E-state index is 13.4. The molecule has 1 saturated heterocycles. The molecule has 12 nitrogen and oxygen atoms in total. The fourth-order valence-corrected chi connectivity index (χ4v) is 8.80. The predicted octanol–water partition coefficient (Wildman–Crippen LogP) is 8.17. The van der Waals surface area contributed by atoms with Gasteiger partial charge in [0.1, 0.15) is 46.5 Å². The number of hydrogen-bond acceptors (Lipinski definition) is 10. The number of H-pyrrole nitrogens is 1. The molecule has 3 atom stereocenters. The molecule has 0 spiro atoms. The highest BCUT2D eigenvalue weighted by molar-refractivity contribution is 5.51. The van der Waals surface area contributed by atoms with Crippen molar-refractivity contribution in [3.05, 3.63) is 224 Å². The Morgan fingerprint density at radius 1 is 0.576 bits per heavy atom. The standard InChI is InChI=1S/C54H54N2O10/c1-60-44-25-17-40(18-26-44)53(38-13-7-5-8-14-38,41-19-27-45(61-2)28-20-41)64-33-11-12-37-35-56(52(59)55-51(37)58)50-34-48(57)49(66-50)36-65-54(39-15-9-6-10-16-39,42-21-29-46(62-3)30-22-42)43-23-31-47(63-4)32-24-43/h5-10,13-32,35,48-50,57H,11-12,33-34,36H2,1-4H3,(H,55,58,59)/t48-,49+,50+/m0/s1. The molecule has 12 heteroatoms. The van der Waals surface area contributed by atoms with Crippen LogP contribution < -0.4 is 30.2 Å². The first-order valence-electron chi connectivity index (χ1n) is 21.9. The van der Waals surface area contributed by atoms with Crippen molar-refractivity contribution in [2.24, 2.45) is 0 Å². The largest absolute Gasteiger partial charge is 0.497 e. The fraction of sp³-hybridized carbons (Fsp3) is 0.259. The van der Waals surface area contributed by atoms with Crippen molar-refractivity contribution in [3.8, 4) is 23.0 Å². The van der Waals surface area contributed by atoms with Crippen molar-refractivity contribution in [1.82, 2.24) is 9.55 Å². The van der Waals surface area contributed by atoms with Crippen molar-refractivity contribution in [2.45, 2.75) is 48.9 Å². The van der Waals surface area contributed by atoms with Gasteiger partial charge >= 0.3 is 5.69 Å². The summed E-state index contributed by atoms with van der Waals surface area (Å²) in [6, 6.07) is 50.7. The van der Waals surface area contributed by atoms with Gasteiger partial charge in [0, 0.05) is 24.8 Å². The molecule has 0 unspecified atom stereocenters. The highest BCUT2D eigenvalue weighted by atomic mass is 16.6. The Balaban J connectivity index is 1.03. The molecule has 1 fully saturated rings. The minimum Gasteiger partial charge on any atom is -0.497 e. The zero-order valence-electron chi connectivity index (χ0n) is 37.4. The van der Waals surface area contributed by atoms with Crippen LogP contribution in [0.15, 0.2) is 174 Å². The van der Waals surface area contributed by atoms with Crippen LogP contribution in [0.5, 0.6) is 23.0 Å². The van der Waals surface area contributed by atoms with Crippen LogP contribution in [0.4, 0.5) is 0 Å². The van der Waals surface area contributed by atoms with E-state index < -0.39 is 40.9 Å². The second-order valence-corrected chi connectivity index (χ2v) is 16.0. The summed E-state index contributed by atoms with van der Waals surface area (Å²) < 4.78 is 43.8. The molecular weight excluding hydrogens is 837 g/mol. The van der Waals surface area contributed by atoms with E-state index in [1.807, 2.05) is 158 Å². The third kappa shape index (κ3) is 9.27. The van der Waals surface area contributed by atoms with E-state index in [0.29, 0.717) is 35.0 Å². The first-order chi connectivity index (χ1) is 32.2. The van der Waals surface area contributed by atoms with Gasteiger partial charge in [0.05, 0.1) is 41.2 Å². The van der Waals surface area contributed by atoms with Crippen molar-refractivity contribution in [2.75, 3.05) is 41.7 Å². The molecular formula is C54H54N2O10. The summed E-state index contributed by atoms with van der Waals surface area (Å²) in [4.78, 5) is 29.3. The number of nitrogens with zero attached hydrogens (tertiary/aromatic N) is 1. The summed E-state index contributed by atoms with van der Waals surface area (Å²) >= 11 is 0. The molecule has 2 heterocycles. The second kappa shape index (κ2) is 20.5. The van der Waals surface area contributed by atoms with Gasteiger partial charge in [-0.05, 0) is 94.8 Å². The summed E-state index contributed by atoms with van der Waals surface area (Å²) in [6.45, 7) is 0.202. The van der Waals surface area contributed by atoms with Crippen molar-refractivity contribution in [1.29, 1.82) is 0 Å². The lowest BCUT2D eigenvalue weighted by atomic mass is 9.80. The van der Waals surface area contributed by atoms with Gasteiger partial charge in [0.25, 0.3) is 5.56 Å². The van der Waals surface area contributed by atoms with Gasteiger partial charge in [0.2, 0.25) is 0 Å². The van der Waals surface area contributed by atoms with Crippen molar-refractivity contribution in [3.63, 3.8) is 0 Å². The van der Waals surface area contributed by atoms with E-state index in [1.54, 1.807) is 28.4 Å². The zero-order valence-corrected chi connectivity index (χ0v) is 37.4. The van der Waals surface area contributed by atoms with E-state index in [4.69, 9.17) is 33.2 Å². The maximum Gasteiger partial charge on any atom is 0.330 e. The number of benzene rings is 6. The van der Waals surface area contributed by atoms with Crippen LogP contribution in [0, 0.1) is 0 Å². The lowest BCUT2D eigenvalue weighted by Crippen LogP contribution is -2.38. The normalized spacial score (nSPS) is 16.2. The van der Waals surface area contributed by atoms with E-state index in [0.717, 1.165) is 33.4 Å². The van der Waals surface area contributed by atoms with Gasteiger partial charge < -0.3 is 38.3 Å². The first-order valence-corrected chi connectivity index (χ1v) is 21.9. The Hall–Kier alpha value is -6.96. The van der Waals surface area contributed by atoms with Crippen LogP contribution in [0.2, 0.25) is 0 Å². The Kier molecular flexibility index (Phi) is 14.1. The number of ether oxygens (including phenoxy) is 7. The number of nitrogens with one attached hydrogen (secondary N) is 1. The third-order valence-corrected chi connectivity index (χ3v) is 12.3. The smallest absolute Gasteiger partial charge is 0.330 e. The molecule has 0 radical (unpaired) electrons. The van der Waals surface area contributed by atoms with Crippen molar-refractivity contribution >= 4 is 0 Å². The monoisotopic (exact) mass is 890 g/mol. The number of aliphatic hydroxyl groups is 1. The molecule has 2 N–H and O–H groups in total. The van der Waals surface area contributed by atoms with Gasteiger partial charge in [-0.1, -0.05) is 109 Å². The SMILES string of the molecule is COc1ccc(C(OCCCc2cn([C@H]3C[C@H](O)[C@@H](COC(c4ccccc4)(c4ccc(OC)cc4)c4ccc(OC)cc4)O3)c(=O)[nH]c2=O)(c2ccccc2)c2ccc(OC)cc2)cc1. The molecule has 8 rings (SSSR count). The number of methoxy groups -OCH3 is 4. The Bertz CT molecular complexity index is 2660. The average Bonchev–Trinajstić information content (AvgIpc) is 3.75. The van der Waals surface area contributed by atoms with Crippen LogP contribution in [0.1, 0.15) is 58.0 Å². The van der Waals surface area contributed by atoms with Gasteiger partial charge in [-0.25, -0.2) is 4.79 Å². The van der Waals surface area contributed by atoms with Gasteiger partial charge in [-0.2, -0.15) is 0 Å². The molecule has 66 heavy (non-hydrogen) atoms. The van der Waals surface area contributed by atoms with Crippen LogP contribution in [-0.4, -0.2) is 68.5 Å². The minimum absolute atomic E-state index is 0.0432. The van der Waals surface area contributed by atoms with Gasteiger partial charge in [-0.3, -0.25) is 14.3 Å². The Morgan fingerprint density at radius 2 is 0.970 bits per heavy atom.